The Labute approximate surface area is 93.1 Å². The normalized spacial score (nSPS) is 14.7. The average molecular weight is 232 g/mol. The van der Waals surface area contributed by atoms with Gasteiger partial charge in [0.25, 0.3) is 0 Å². The second kappa shape index (κ2) is 5.64. The Kier molecular flexibility index (Phi) is 5.50. The summed E-state index contributed by atoms with van der Waals surface area (Å²) in [6, 6.07) is 0. The zero-order chi connectivity index (χ0) is 12.1. The summed E-state index contributed by atoms with van der Waals surface area (Å²) in [6.07, 6.45) is 3.98. The molecule has 0 aromatic carbocycles. The zero-order valence-electron chi connectivity index (χ0n) is 10.0. The van der Waals surface area contributed by atoms with E-state index < -0.39 is 13.0 Å². The largest absolute Gasteiger partial charge is 0.379 e. The third kappa shape index (κ3) is 5.31. The van der Waals surface area contributed by atoms with Crippen molar-refractivity contribution in [3.63, 3.8) is 0 Å². The van der Waals surface area contributed by atoms with Crippen LogP contribution in [0.4, 0.5) is 0 Å². The average Bonchev–Trinajstić information content (AvgIpc) is 2.01. The maximum atomic E-state index is 12.4. The first-order valence-electron chi connectivity index (χ1n) is 5.03. The lowest BCUT2D eigenvalue weighted by molar-refractivity contribution is -0.872. The number of aliphatic hydroxyl groups is 1. The fraction of sp³-hybridized carbons (Fsp3) is 0.636. The first-order valence-corrected chi connectivity index (χ1v) is 7.18. The second-order valence-electron chi connectivity index (χ2n) is 4.85. The van der Waals surface area contributed by atoms with Crippen molar-refractivity contribution < 1.29 is 14.2 Å². The van der Waals surface area contributed by atoms with Gasteiger partial charge in [-0.1, -0.05) is 12.2 Å². The highest BCUT2D eigenvalue weighted by Crippen LogP contribution is 2.49. The fourth-order valence-electron chi connectivity index (χ4n) is 1.39. The first kappa shape index (κ1) is 14.6. The van der Waals surface area contributed by atoms with Crippen molar-refractivity contribution >= 4 is 7.14 Å². The molecule has 0 aliphatic rings. The van der Waals surface area contributed by atoms with Gasteiger partial charge in [-0.25, -0.2) is 0 Å². The van der Waals surface area contributed by atoms with Crippen LogP contribution in [0.2, 0.25) is 0 Å². The van der Waals surface area contributed by atoms with Gasteiger partial charge in [-0.3, -0.25) is 0 Å². The van der Waals surface area contributed by atoms with Crippen molar-refractivity contribution in [2.45, 2.75) is 5.85 Å². The molecule has 3 nitrogen and oxygen atoms in total. The van der Waals surface area contributed by atoms with Crippen molar-refractivity contribution in [2.24, 2.45) is 0 Å². The minimum Gasteiger partial charge on any atom is -0.379 e. The third-order valence-electron chi connectivity index (χ3n) is 2.13. The SMILES string of the molecule is C=CCP(=O)(CC=C)C(O)C[N+](C)(C)C. The predicted molar refractivity (Wildman–Crippen MR) is 66.6 cm³/mol. The van der Waals surface area contributed by atoms with E-state index in [-0.39, 0.29) is 0 Å². The summed E-state index contributed by atoms with van der Waals surface area (Å²) in [7, 11) is 3.30. The van der Waals surface area contributed by atoms with Gasteiger partial charge >= 0.3 is 0 Å². The van der Waals surface area contributed by atoms with Gasteiger partial charge in [-0.15, -0.1) is 13.2 Å². The standard InChI is InChI=1S/C11H23NO2P/c1-6-8-15(14,9-7-2)11(13)10-12(3,4)5/h6-7,11,13H,1-2,8-10H2,3-5H3/q+1. The first-order chi connectivity index (χ1) is 6.75. The van der Waals surface area contributed by atoms with Gasteiger partial charge in [0.15, 0.2) is 5.85 Å². The highest BCUT2D eigenvalue weighted by Gasteiger charge is 2.32. The molecule has 0 aliphatic heterocycles. The molecule has 4 heteroatoms. The van der Waals surface area contributed by atoms with Gasteiger partial charge in [0, 0.05) is 12.3 Å². The monoisotopic (exact) mass is 232 g/mol. The quantitative estimate of drug-likeness (QED) is 0.412. The zero-order valence-corrected chi connectivity index (χ0v) is 10.9. The molecule has 0 saturated carbocycles. The molecule has 0 amide bonds. The molecule has 0 spiro atoms. The predicted octanol–water partition coefficient (Wildman–Crippen LogP) is 1.75. The number of hydrogen-bond donors (Lipinski definition) is 1. The summed E-state index contributed by atoms with van der Waals surface area (Å²) in [5, 5.41) is 9.99. The lowest BCUT2D eigenvalue weighted by atomic mass is 10.5. The number of likely N-dealkylation sites (N-methyl/N-ethyl adjacent to an activating group) is 1. The highest BCUT2D eigenvalue weighted by molar-refractivity contribution is 7.64. The number of quaternary nitrogens is 1. The summed E-state index contributed by atoms with van der Waals surface area (Å²) < 4.78 is 13.0. The van der Waals surface area contributed by atoms with Gasteiger partial charge in [-0.05, 0) is 0 Å². The van der Waals surface area contributed by atoms with Gasteiger partial charge in [0.05, 0.1) is 21.1 Å². The molecule has 0 aromatic heterocycles. The van der Waals surface area contributed by atoms with E-state index in [0.717, 1.165) is 0 Å². The van der Waals surface area contributed by atoms with Crippen LogP contribution in [0.5, 0.6) is 0 Å². The molecule has 1 unspecified atom stereocenters. The van der Waals surface area contributed by atoms with Gasteiger partial charge < -0.3 is 14.2 Å². The number of rotatable bonds is 7. The molecule has 0 aliphatic carbocycles. The Hall–Kier alpha value is -0.370. The Morgan fingerprint density at radius 2 is 1.67 bits per heavy atom. The van der Waals surface area contributed by atoms with Crippen LogP contribution in [-0.2, 0) is 4.57 Å². The molecule has 0 aromatic rings. The maximum Gasteiger partial charge on any atom is 0.156 e. The van der Waals surface area contributed by atoms with Crippen molar-refractivity contribution in [1.82, 2.24) is 0 Å². The molecule has 1 N–H and O–H groups in total. The van der Waals surface area contributed by atoms with E-state index in [1.807, 2.05) is 21.1 Å². The van der Waals surface area contributed by atoms with Gasteiger partial charge in [0.1, 0.15) is 13.7 Å². The maximum absolute atomic E-state index is 12.4. The molecule has 0 radical (unpaired) electrons. The molecule has 0 heterocycles. The lowest BCUT2D eigenvalue weighted by Gasteiger charge is -2.30. The Morgan fingerprint density at radius 1 is 1.27 bits per heavy atom. The minimum atomic E-state index is -2.60. The smallest absolute Gasteiger partial charge is 0.156 e. The van der Waals surface area contributed by atoms with Crippen LogP contribution < -0.4 is 0 Å². The van der Waals surface area contributed by atoms with Crippen molar-refractivity contribution in [3.8, 4) is 0 Å². The summed E-state index contributed by atoms with van der Waals surface area (Å²) in [4.78, 5) is 0. The van der Waals surface area contributed by atoms with E-state index in [1.165, 1.54) is 0 Å². The second-order valence-corrected chi connectivity index (χ2v) is 8.08. The van der Waals surface area contributed by atoms with E-state index in [0.29, 0.717) is 23.4 Å². The van der Waals surface area contributed by atoms with E-state index in [4.69, 9.17) is 0 Å². The number of allylic oxidation sites excluding steroid dienone is 2. The number of aliphatic hydroxyl groups excluding tert-OH is 1. The van der Waals surface area contributed by atoms with Crippen molar-refractivity contribution in [1.29, 1.82) is 0 Å². The van der Waals surface area contributed by atoms with E-state index >= 15 is 0 Å². The Balaban J connectivity index is 4.69. The number of nitrogens with zero attached hydrogens (tertiary/aromatic N) is 1. The fourth-order valence-corrected chi connectivity index (χ4v) is 3.69. The minimum absolute atomic E-state index is 0.375. The van der Waals surface area contributed by atoms with Crippen LogP contribution in [-0.4, -0.2) is 55.4 Å². The molecule has 15 heavy (non-hydrogen) atoms. The third-order valence-corrected chi connectivity index (χ3v) is 5.13. The molecule has 0 saturated heterocycles. The van der Waals surface area contributed by atoms with E-state index in [2.05, 4.69) is 13.2 Å². The van der Waals surface area contributed by atoms with Crippen LogP contribution >= 0.6 is 7.14 Å². The van der Waals surface area contributed by atoms with E-state index in [9.17, 15) is 9.67 Å². The highest BCUT2D eigenvalue weighted by atomic mass is 31.2. The number of hydrogen-bond acceptors (Lipinski definition) is 2. The Bertz CT molecular complexity index is 254. The summed E-state index contributed by atoms with van der Waals surface area (Å²) in [5.74, 6) is -0.770. The van der Waals surface area contributed by atoms with Gasteiger partial charge in [0.2, 0.25) is 0 Å². The summed E-state index contributed by atoms with van der Waals surface area (Å²) >= 11 is 0. The molecule has 0 rings (SSSR count). The van der Waals surface area contributed by atoms with Crippen LogP contribution in [0.25, 0.3) is 0 Å². The van der Waals surface area contributed by atoms with Crippen molar-refractivity contribution in [2.75, 3.05) is 40.0 Å². The molecule has 0 fully saturated rings. The topological polar surface area (TPSA) is 37.3 Å². The lowest BCUT2D eigenvalue weighted by Crippen LogP contribution is -2.41. The molecule has 1 atom stereocenters. The Morgan fingerprint density at radius 3 is 1.93 bits per heavy atom. The van der Waals surface area contributed by atoms with Crippen LogP contribution in [0.1, 0.15) is 0 Å². The molecular weight excluding hydrogens is 209 g/mol. The molecule has 88 valence electrons. The summed E-state index contributed by atoms with van der Waals surface area (Å²) in [6.45, 7) is 7.65. The molecule has 0 bridgehead atoms. The van der Waals surface area contributed by atoms with E-state index in [1.54, 1.807) is 12.2 Å². The van der Waals surface area contributed by atoms with Crippen LogP contribution in [0, 0.1) is 0 Å². The summed E-state index contributed by atoms with van der Waals surface area (Å²) in [5.41, 5.74) is 0. The van der Waals surface area contributed by atoms with Crippen molar-refractivity contribution in [3.05, 3.63) is 25.3 Å². The van der Waals surface area contributed by atoms with Crippen LogP contribution in [0.3, 0.4) is 0 Å². The molecular formula is C11H23NO2P+. The van der Waals surface area contributed by atoms with Gasteiger partial charge in [-0.2, -0.15) is 0 Å². The van der Waals surface area contributed by atoms with Crippen LogP contribution in [0.15, 0.2) is 25.3 Å².